The summed E-state index contributed by atoms with van der Waals surface area (Å²) in [5.74, 6) is 0.273. The molecular formula is C22H22Cl2N2OS. The lowest BCUT2D eigenvalue weighted by molar-refractivity contribution is -0.111. The number of carbonyl (C=O) groups excluding carboxylic acids is 1. The largest absolute Gasteiger partial charge is 0.313 e. The van der Waals surface area contributed by atoms with Crippen molar-refractivity contribution < 1.29 is 4.79 Å². The van der Waals surface area contributed by atoms with Gasteiger partial charge in [-0.1, -0.05) is 50.0 Å². The Morgan fingerprint density at radius 3 is 2.61 bits per heavy atom. The Morgan fingerprint density at radius 2 is 2.00 bits per heavy atom. The van der Waals surface area contributed by atoms with Crippen molar-refractivity contribution in [3.8, 4) is 6.07 Å². The van der Waals surface area contributed by atoms with E-state index in [2.05, 4.69) is 32.2 Å². The summed E-state index contributed by atoms with van der Waals surface area (Å²) in [7, 11) is 0. The summed E-state index contributed by atoms with van der Waals surface area (Å²) in [6, 6.07) is 7.48. The fourth-order valence-corrected chi connectivity index (χ4v) is 5.32. The zero-order chi connectivity index (χ0) is 20.5. The van der Waals surface area contributed by atoms with Gasteiger partial charge >= 0.3 is 0 Å². The van der Waals surface area contributed by atoms with Crippen LogP contribution in [0, 0.1) is 22.7 Å². The van der Waals surface area contributed by atoms with Crippen molar-refractivity contribution in [2.45, 2.75) is 40.0 Å². The molecule has 3 rings (SSSR count). The van der Waals surface area contributed by atoms with Crippen molar-refractivity contribution in [3.63, 3.8) is 0 Å². The first-order valence-electron chi connectivity index (χ1n) is 9.18. The fourth-order valence-electron chi connectivity index (χ4n) is 3.51. The van der Waals surface area contributed by atoms with Crippen LogP contribution in [-0.2, 0) is 17.6 Å². The summed E-state index contributed by atoms with van der Waals surface area (Å²) >= 11 is 13.8. The van der Waals surface area contributed by atoms with Crippen LogP contribution in [0.1, 0.15) is 48.8 Å². The summed E-state index contributed by atoms with van der Waals surface area (Å²) in [6.45, 7) is 6.78. The lowest BCUT2D eigenvalue weighted by Crippen LogP contribution is -2.26. The number of nitrogens with one attached hydrogen (secondary N) is 1. The van der Waals surface area contributed by atoms with E-state index in [0.29, 0.717) is 32.1 Å². The van der Waals surface area contributed by atoms with E-state index in [1.54, 1.807) is 24.3 Å². The molecule has 0 spiro atoms. The highest BCUT2D eigenvalue weighted by Gasteiger charge is 2.32. The lowest BCUT2D eigenvalue weighted by atomic mass is 9.72. The highest BCUT2D eigenvalue weighted by molar-refractivity contribution is 7.16. The van der Waals surface area contributed by atoms with Crippen LogP contribution < -0.4 is 5.32 Å². The van der Waals surface area contributed by atoms with Crippen LogP contribution in [0.2, 0.25) is 10.0 Å². The number of nitriles is 1. The van der Waals surface area contributed by atoms with E-state index in [-0.39, 0.29) is 11.3 Å². The Hall–Kier alpha value is -1.80. The second-order valence-corrected chi connectivity index (χ2v) is 10.0. The van der Waals surface area contributed by atoms with Crippen LogP contribution in [0.25, 0.3) is 6.08 Å². The van der Waals surface area contributed by atoms with E-state index in [9.17, 15) is 10.1 Å². The molecule has 1 aliphatic carbocycles. The highest BCUT2D eigenvalue weighted by Crippen LogP contribution is 2.44. The van der Waals surface area contributed by atoms with Gasteiger partial charge < -0.3 is 5.32 Å². The van der Waals surface area contributed by atoms with Gasteiger partial charge in [-0.2, -0.15) is 5.26 Å². The van der Waals surface area contributed by atoms with Gasteiger partial charge in [0.1, 0.15) is 11.1 Å². The van der Waals surface area contributed by atoms with Crippen LogP contribution in [-0.4, -0.2) is 5.91 Å². The zero-order valence-electron chi connectivity index (χ0n) is 16.1. The molecule has 6 heteroatoms. The summed E-state index contributed by atoms with van der Waals surface area (Å²) < 4.78 is 0. The van der Waals surface area contributed by atoms with Crippen molar-refractivity contribution >= 4 is 51.5 Å². The predicted octanol–water partition coefficient (Wildman–Crippen LogP) is 6.73. The van der Waals surface area contributed by atoms with Crippen LogP contribution in [0.5, 0.6) is 0 Å². The number of rotatable bonds is 3. The Morgan fingerprint density at radius 1 is 1.32 bits per heavy atom. The van der Waals surface area contributed by atoms with Gasteiger partial charge in [-0.05, 0) is 54.4 Å². The number of nitrogens with zero attached hydrogens (tertiary/aromatic N) is 1. The first-order chi connectivity index (χ1) is 13.2. The number of thiophene rings is 1. The van der Waals surface area contributed by atoms with E-state index in [4.69, 9.17) is 23.2 Å². The van der Waals surface area contributed by atoms with E-state index >= 15 is 0 Å². The molecule has 0 saturated heterocycles. The predicted molar refractivity (Wildman–Crippen MR) is 118 cm³/mol. The normalized spacial score (nSPS) is 16.6. The molecule has 1 N–H and O–H groups in total. The van der Waals surface area contributed by atoms with E-state index in [1.807, 2.05) is 0 Å². The Kier molecular flexibility index (Phi) is 6.19. The molecule has 0 bridgehead atoms. The third kappa shape index (κ3) is 4.43. The molecule has 0 fully saturated rings. The number of carbonyl (C=O) groups is 1. The van der Waals surface area contributed by atoms with Gasteiger partial charge in [0, 0.05) is 26.6 Å². The summed E-state index contributed by atoms with van der Waals surface area (Å²) in [6.07, 6.45) is 5.90. The third-order valence-electron chi connectivity index (χ3n) is 5.24. The molecule has 3 nitrogen and oxygen atoms in total. The fraction of sp³-hybridized carbons (Fsp3) is 0.364. The second kappa shape index (κ2) is 8.29. The molecule has 0 saturated carbocycles. The number of halogens is 2. The summed E-state index contributed by atoms with van der Waals surface area (Å²) in [5.41, 5.74) is 2.53. The van der Waals surface area contributed by atoms with Gasteiger partial charge in [-0.3, -0.25) is 4.79 Å². The molecule has 0 radical (unpaired) electrons. The average Bonchev–Trinajstić information content (AvgIpc) is 2.96. The van der Waals surface area contributed by atoms with Gasteiger partial charge in [0.2, 0.25) is 5.91 Å². The molecule has 2 aromatic rings. The maximum atomic E-state index is 12.4. The first-order valence-corrected chi connectivity index (χ1v) is 10.8. The average molecular weight is 433 g/mol. The minimum atomic E-state index is -0.307. The van der Waals surface area contributed by atoms with Crippen LogP contribution >= 0.6 is 34.5 Å². The molecule has 1 aromatic carbocycles. The maximum absolute atomic E-state index is 12.4. The maximum Gasteiger partial charge on any atom is 0.249 e. The minimum absolute atomic E-state index is 0.231. The molecule has 1 amide bonds. The van der Waals surface area contributed by atoms with E-state index < -0.39 is 0 Å². The third-order valence-corrected chi connectivity index (χ3v) is 7.07. The van der Waals surface area contributed by atoms with E-state index in [1.165, 1.54) is 22.3 Å². The summed E-state index contributed by atoms with van der Waals surface area (Å²) in [4.78, 5) is 13.6. The molecule has 0 aliphatic heterocycles. The monoisotopic (exact) mass is 432 g/mol. The molecule has 146 valence electrons. The lowest BCUT2D eigenvalue weighted by Gasteiger charge is -2.33. The van der Waals surface area contributed by atoms with E-state index in [0.717, 1.165) is 24.8 Å². The topological polar surface area (TPSA) is 52.9 Å². The highest BCUT2D eigenvalue weighted by atomic mass is 35.5. The Balaban J connectivity index is 1.80. The number of fused-ring (bicyclic) bond motifs is 1. The first kappa shape index (κ1) is 20.9. The van der Waals surface area contributed by atoms with Gasteiger partial charge in [-0.15, -0.1) is 11.3 Å². The molecule has 1 aromatic heterocycles. The van der Waals surface area contributed by atoms with Crippen LogP contribution in [0.15, 0.2) is 24.3 Å². The van der Waals surface area contributed by atoms with Crippen LogP contribution in [0.3, 0.4) is 0 Å². The Bertz CT molecular complexity index is 959. The zero-order valence-corrected chi connectivity index (χ0v) is 18.4. The SMILES string of the molecule is CC(C)(C)[C@@H]1CCc2c(sc(NC(=O)/C=C/c3c(Cl)cccc3Cl)c2C#N)C1. The molecule has 0 unspecified atom stereocenters. The number of anilines is 1. The second-order valence-electron chi connectivity index (χ2n) is 8.08. The molecule has 1 aliphatic rings. The number of amides is 1. The molecule has 28 heavy (non-hydrogen) atoms. The molecular weight excluding hydrogens is 411 g/mol. The van der Waals surface area contributed by atoms with Crippen molar-refractivity contribution in [2.75, 3.05) is 5.32 Å². The quantitative estimate of drug-likeness (QED) is 0.546. The van der Waals surface area contributed by atoms with Gasteiger partial charge in [-0.25, -0.2) is 0 Å². The van der Waals surface area contributed by atoms with Gasteiger partial charge in [0.25, 0.3) is 0 Å². The standard InChI is InChI=1S/C22H22Cl2N2OS/c1-22(2,3)13-7-8-14-16(12-25)21(28-19(14)11-13)26-20(27)10-9-15-17(23)5-4-6-18(15)24/h4-6,9-10,13H,7-8,11H2,1-3H3,(H,26,27)/b10-9+/t13-/m1/s1. The van der Waals surface area contributed by atoms with Crippen molar-refractivity contribution in [1.29, 1.82) is 5.26 Å². The van der Waals surface area contributed by atoms with Gasteiger partial charge in [0.15, 0.2) is 0 Å². The van der Waals surface area contributed by atoms with Crippen molar-refractivity contribution in [1.82, 2.24) is 0 Å². The van der Waals surface area contributed by atoms with Crippen LogP contribution in [0.4, 0.5) is 5.00 Å². The van der Waals surface area contributed by atoms with Crippen molar-refractivity contribution in [2.24, 2.45) is 11.3 Å². The van der Waals surface area contributed by atoms with Crippen molar-refractivity contribution in [3.05, 3.63) is 55.9 Å². The number of hydrogen-bond donors (Lipinski definition) is 1. The number of benzene rings is 1. The Labute approximate surface area is 180 Å². The minimum Gasteiger partial charge on any atom is -0.313 e. The smallest absolute Gasteiger partial charge is 0.249 e. The summed E-state index contributed by atoms with van der Waals surface area (Å²) in [5, 5.41) is 14.1. The molecule has 1 atom stereocenters. The molecule has 1 heterocycles. The number of hydrogen-bond acceptors (Lipinski definition) is 3. The van der Waals surface area contributed by atoms with Gasteiger partial charge in [0.05, 0.1) is 5.56 Å².